The van der Waals surface area contributed by atoms with Crippen LogP contribution in [0.2, 0.25) is 0 Å². The predicted octanol–water partition coefficient (Wildman–Crippen LogP) is 8.06. The molecule has 6 aromatic rings. The van der Waals surface area contributed by atoms with Crippen molar-refractivity contribution in [1.82, 2.24) is 14.5 Å². The van der Waals surface area contributed by atoms with Gasteiger partial charge in [-0.1, -0.05) is 86.6 Å². The first-order valence-electron chi connectivity index (χ1n) is 12.3. The van der Waals surface area contributed by atoms with Crippen LogP contribution >= 0.6 is 0 Å². The number of nitrogens with zero attached hydrogens (tertiary/aromatic N) is 3. The molecule has 3 nitrogen and oxygen atoms in total. The van der Waals surface area contributed by atoms with Gasteiger partial charge in [0.15, 0.2) is 0 Å². The summed E-state index contributed by atoms with van der Waals surface area (Å²) in [6, 6.07) is 36.8. The standard InChI is InChI=1S/C33H25N3/c1-33(2)27-9-6-10-29-31(27)36(32(35-29)25-17-19-34-20-18-25)30-16-15-26(21-28(30)33)24-13-11-23(12-14-24)22-7-4-3-5-8-22/h3-21H,1-2H3. The minimum Gasteiger partial charge on any atom is -0.292 e. The largest absolute Gasteiger partial charge is 0.292 e. The Morgan fingerprint density at radius 2 is 1.25 bits per heavy atom. The van der Waals surface area contributed by atoms with E-state index >= 15 is 0 Å². The molecule has 172 valence electrons. The SMILES string of the molecule is CC1(C)c2cc(-c3ccc(-c4ccccc4)cc3)ccc2-n2c(-c3ccncc3)nc3cccc1c32. The van der Waals surface area contributed by atoms with Crippen molar-refractivity contribution in [1.29, 1.82) is 0 Å². The molecule has 0 saturated heterocycles. The van der Waals surface area contributed by atoms with Gasteiger partial charge in [0.2, 0.25) is 0 Å². The van der Waals surface area contributed by atoms with E-state index in [0.29, 0.717) is 0 Å². The second-order valence-electron chi connectivity index (χ2n) is 9.98. The molecule has 1 aliphatic heterocycles. The van der Waals surface area contributed by atoms with Crippen LogP contribution in [0.4, 0.5) is 0 Å². The molecule has 3 heterocycles. The Morgan fingerprint density at radius 3 is 2.00 bits per heavy atom. The first-order valence-corrected chi connectivity index (χ1v) is 12.3. The lowest BCUT2D eigenvalue weighted by atomic mass is 9.74. The number of aromatic nitrogens is 3. The lowest BCUT2D eigenvalue weighted by molar-refractivity contribution is 0.629. The Bertz CT molecular complexity index is 1730. The van der Waals surface area contributed by atoms with Crippen LogP contribution in [0.15, 0.2) is 116 Å². The first-order chi connectivity index (χ1) is 17.6. The van der Waals surface area contributed by atoms with Crippen molar-refractivity contribution in [2.24, 2.45) is 0 Å². The molecule has 0 N–H and O–H groups in total. The van der Waals surface area contributed by atoms with E-state index < -0.39 is 0 Å². The second kappa shape index (κ2) is 7.76. The summed E-state index contributed by atoms with van der Waals surface area (Å²) in [5, 5.41) is 0. The van der Waals surface area contributed by atoms with Gasteiger partial charge in [-0.15, -0.1) is 0 Å². The van der Waals surface area contributed by atoms with Crippen molar-refractivity contribution in [3.8, 4) is 39.3 Å². The van der Waals surface area contributed by atoms with Gasteiger partial charge in [0.1, 0.15) is 5.82 Å². The third-order valence-corrected chi connectivity index (χ3v) is 7.52. The molecule has 0 atom stereocenters. The molecule has 1 aliphatic rings. The van der Waals surface area contributed by atoms with Crippen LogP contribution < -0.4 is 0 Å². The van der Waals surface area contributed by atoms with E-state index in [-0.39, 0.29) is 5.41 Å². The van der Waals surface area contributed by atoms with E-state index in [4.69, 9.17) is 4.98 Å². The fraction of sp³-hybridized carbons (Fsp3) is 0.0909. The number of fused-ring (bicyclic) bond motifs is 2. The van der Waals surface area contributed by atoms with Gasteiger partial charge in [-0.3, -0.25) is 9.55 Å². The lowest BCUT2D eigenvalue weighted by Crippen LogP contribution is -2.26. The number of hydrogen-bond donors (Lipinski definition) is 0. The van der Waals surface area contributed by atoms with Gasteiger partial charge in [-0.05, 0) is 63.7 Å². The number of para-hydroxylation sites is 1. The van der Waals surface area contributed by atoms with E-state index in [1.807, 2.05) is 24.5 Å². The minimum atomic E-state index is -0.152. The van der Waals surface area contributed by atoms with Gasteiger partial charge in [0, 0.05) is 23.4 Å². The van der Waals surface area contributed by atoms with Crippen molar-refractivity contribution in [2.45, 2.75) is 19.3 Å². The van der Waals surface area contributed by atoms with Gasteiger partial charge in [0.25, 0.3) is 0 Å². The van der Waals surface area contributed by atoms with Crippen LogP contribution in [0, 0.1) is 0 Å². The molecule has 7 rings (SSSR count). The highest BCUT2D eigenvalue weighted by molar-refractivity contribution is 5.90. The Kier molecular flexibility index (Phi) is 4.49. The number of imidazole rings is 1. The van der Waals surface area contributed by atoms with Gasteiger partial charge in [-0.2, -0.15) is 0 Å². The molecule has 0 spiro atoms. The number of pyridine rings is 1. The average molecular weight is 464 g/mol. The highest BCUT2D eigenvalue weighted by Crippen LogP contribution is 2.47. The average Bonchev–Trinajstić information content (AvgIpc) is 3.33. The molecule has 0 aliphatic carbocycles. The van der Waals surface area contributed by atoms with Crippen LogP contribution in [0.3, 0.4) is 0 Å². The molecule has 0 radical (unpaired) electrons. The molecular formula is C33H25N3. The van der Waals surface area contributed by atoms with Crippen LogP contribution in [0.25, 0.3) is 50.4 Å². The number of benzene rings is 4. The predicted molar refractivity (Wildman–Crippen MR) is 147 cm³/mol. The molecule has 0 unspecified atom stereocenters. The zero-order chi connectivity index (χ0) is 24.3. The monoisotopic (exact) mass is 463 g/mol. The Balaban J connectivity index is 1.41. The van der Waals surface area contributed by atoms with Crippen LogP contribution in [0.1, 0.15) is 25.0 Å². The summed E-state index contributed by atoms with van der Waals surface area (Å²) in [5.74, 6) is 0.955. The maximum Gasteiger partial charge on any atom is 0.145 e. The highest BCUT2D eigenvalue weighted by atomic mass is 15.1. The van der Waals surface area contributed by atoms with E-state index in [1.54, 1.807) is 0 Å². The van der Waals surface area contributed by atoms with Gasteiger partial charge < -0.3 is 0 Å². The maximum absolute atomic E-state index is 5.07. The van der Waals surface area contributed by atoms with Crippen molar-refractivity contribution < 1.29 is 0 Å². The third kappa shape index (κ3) is 3.06. The molecule has 36 heavy (non-hydrogen) atoms. The quantitative estimate of drug-likeness (QED) is 0.266. The number of rotatable bonds is 3. The van der Waals surface area contributed by atoms with Crippen molar-refractivity contribution >= 4 is 11.0 Å². The topological polar surface area (TPSA) is 30.7 Å². The minimum absolute atomic E-state index is 0.152. The van der Waals surface area contributed by atoms with E-state index in [9.17, 15) is 0 Å². The molecular weight excluding hydrogens is 438 g/mol. The zero-order valence-electron chi connectivity index (χ0n) is 20.3. The lowest BCUT2D eigenvalue weighted by Gasteiger charge is -2.35. The fourth-order valence-corrected chi connectivity index (χ4v) is 5.60. The van der Waals surface area contributed by atoms with Crippen LogP contribution in [-0.4, -0.2) is 14.5 Å². The summed E-state index contributed by atoms with van der Waals surface area (Å²) in [6.45, 7) is 4.65. The summed E-state index contributed by atoms with van der Waals surface area (Å²) in [7, 11) is 0. The molecule has 0 fully saturated rings. The summed E-state index contributed by atoms with van der Waals surface area (Å²) < 4.78 is 2.34. The van der Waals surface area contributed by atoms with E-state index in [2.05, 4.69) is 114 Å². The van der Waals surface area contributed by atoms with E-state index in [1.165, 1.54) is 44.6 Å². The maximum atomic E-state index is 5.07. The Labute approximate surface area is 210 Å². The number of hydrogen-bond acceptors (Lipinski definition) is 2. The first kappa shape index (κ1) is 20.8. The Morgan fingerprint density at radius 1 is 0.583 bits per heavy atom. The van der Waals surface area contributed by atoms with Crippen molar-refractivity contribution in [2.75, 3.05) is 0 Å². The molecule has 2 aromatic heterocycles. The van der Waals surface area contributed by atoms with Crippen LogP contribution in [-0.2, 0) is 5.41 Å². The normalized spacial score (nSPS) is 13.5. The zero-order valence-corrected chi connectivity index (χ0v) is 20.3. The van der Waals surface area contributed by atoms with E-state index in [0.717, 1.165) is 16.9 Å². The third-order valence-electron chi connectivity index (χ3n) is 7.52. The van der Waals surface area contributed by atoms with Gasteiger partial charge in [0.05, 0.1) is 16.7 Å². The smallest absolute Gasteiger partial charge is 0.145 e. The van der Waals surface area contributed by atoms with Gasteiger partial charge in [-0.25, -0.2) is 4.98 Å². The Hall–Kier alpha value is -4.50. The second-order valence-corrected chi connectivity index (χ2v) is 9.98. The molecule has 4 aromatic carbocycles. The van der Waals surface area contributed by atoms with Crippen molar-refractivity contribution in [3.05, 3.63) is 127 Å². The summed E-state index contributed by atoms with van der Waals surface area (Å²) in [5.41, 5.74) is 11.9. The molecule has 3 heteroatoms. The fourth-order valence-electron chi connectivity index (χ4n) is 5.60. The summed E-state index contributed by atoms with van der Waals surface area (Å²) >= 11 is 0. The summed E-state index contributed by atoms with van der Waals surface area (Å²) in [6.07, 6.45) is 3.66. The van der Waals surface area contributed by atoms with Crippen LogP contribution in [0.5, 0.6) is 0 Å². The molecule has 0 bridgehead atoms. The molecule has 0 saturated carbocycles. The highest BCUT2D eigenvalue weighted by Gasteiger charge is 2.35. The summed E-state index contributed by atoms with van der Waals surface area (Å²) in [4.78, 5) is 9.29. The molecule has 0 amide bonds. The van der Waals surface area contributed by atoms with Crippen molar-refractivity contribution in [3.63, 3.8) is 0 Å². The van der Waals surface area contributed by atoms with Gasteiger partial charge >= 0.3 is 0 Å².